The van der Waals surface area contributed by atoms with Crippen LogP contribution in [0.4, 0.5) is 13.2 Å². The van der Waals surface area contributed by atoms with Crippen LogP contribution in [0.5, 0.6) is 5.75 Å². The Bertz CT molecular complexity index is 1950. The molecule has 0 saturated carbocycles. The van der Waals surface area contributed by atoms with E-state index in [0.29, 0.717) is 21.7 Å². The Labute approximate surface area is 315 Å². The van der Waals surface area contributed by atoms with Crippen molar-refractivity contribution >= 4 is 17.9 Å². The quantitative estimate of drug-likeness (QED) is 0.107. The fourth-order valence-corrected chi connectivity index (χ4v) is 6.58. The van der Waals surface area contributed by atoms with Crippen LogP contribution in [0.25, 0.3) is 0 Å². The lowest BCUT2D eigenvalue weighted by atomic mass is 9.85. The van der Waals surface area contributed by atoms with Gasteiger partial charge in [-0.25, -0.2) is 0 Å². The predicted octanol–water partition coefficient (Wildman–Crippen LogP) is 8.30. The Kier molecular flexibility index (Phi) is 12.5. The zero-order chi connectivity index (χ0) is 38.2. The van der Waals surface area contributed by atoms with Crippen molar-refractivity contribution in [2.75, 3.05) is 7.11 Å². The highest BCUT2D eigenvalue weighted by atomic mass is 35.5. The molecular weight excluding hydrogens is 725 g/mol. The summed E-state index contributed by atoms with van der Waals surface area (Å²) in [6.45, 7) is 0.110. The van der Waals surface area contributed by atoms with Gasteiger partial charge in [0.1, 0.15) is 24.1 Å². The second-order valence-electron chi connectivity index (χ2n) is 12.7. The minimum absolute atomic E-state index is 0.000501. The molecule has 1 saturated heterocycles. The molecule has 1 aliphatic rings. The van der Waals surface area contributed by atoms with E-state index in [1.54, 1.807) is 18.2 Å². The zero-order valence-electron chi connectivity index (χ0n) is 29.2. The molecule has 1 heterocycles. The number of benzene rings is 5. The highest BCUT2D eigenvalue weighted by Crippen LogP contribution is 2.47. The maximum atomic E-state index is 13.0. The van der Waals surface area contributed by atoms with Gasteiger partial charge in [-0.2, -0.15) is 0 Å². The van der Waals surface area contributed by atoms with Gasteiger partial charge in [-0.3, -0.25) is 4.79 Å². The Hall–Kier alpha value is -4.59. The lowest BCUT2D eigenvalue weighted by Gasteiger charge is -2.53. The number of aliphatic hydroxyl groups is 1. The molecule has 0 radical (unpaired) electrons. The predicted molar refractivity (Wildman–Crippen MR) is 193 cm³/mol. The number of rotatable bonds is 15. The monoisotopic (exact) mass is 762 g/mol. The number of ether oxygens (including phenoxy) is 6. The first kappa shape index (κ1) is 39.1. The van der Waals surface area contributed by atoms with E-state index in [4.69, 9.17) is 35.3 Å². The maximum Gasteiger partial charge on any atom is 0.573 e. The van der Waals surface area contributed by atoms with Gasteiger partial charge in [0.25, 0.3) is 5.79 Å². The summed E-state index contributed by atoms with van der Waals surface area (Å²) in [5.74, 6) is -4.98. The summed E-state index contributed by atoms with van der Waals surface area (Å²) in [5.41, 5.74) is 3.88. The number of methoxy groups -OCH3 is 1. The van der Waals surface area contributed by atoms with Crippen LogP contribution in [0.2, 0.25) is 5.02 Å². The van der Waals surface area contributed by atoms with Crippen LogP contribution in [-0.4, -0.2) is 49.0 Å². The van der Waals surface area contributed by atoms with Gasteiger partial charge in [-0.15, -0.1) is 13.2 Å². The molecule has 6 rings (SSSR count). The van der Waals surface area contributed by atoms with E-state index in [2.05, 4.69) is 4.74 Å². The summed E-state index contributed by atoms with van der Waals surface area (Å²) in [7, 11) is 1.36. The van der Waals surface area contributed by atoms with E-state index in [0.717, 1.165) is 16.7 Å². The van der Waals surface area contributed by atoms with Gasteiger partial charge in [0.2, 0.25) is 5.79 Å². The summed E-state index contributed by atoms with van der Waals surface area (Å²) in [4.78, 5) is 13.0. The molecule has 0 bridgehead atoms. The summed E-state index contributed by atoms with van der Waals surface area (Å²) in [6, 6.07) is 38.3. The van der Waals surface area contributed by atoms with Crippen molar-refractivity contribution < 1.29 is 51.5 Å². The van der Waals surface area contributed by atoms with Crippen molar-refractivity contribution in [1.82, 2.24) is 0 Å². The van der Waals surface area contributed by atoms with Gasteiger partial charge < -0.3 is 33.5 Å². The SMILES string of the molecule is CO[C@@]1(c2ccc(Cl)c(Cc3ccc(OC(F)(F)F)cc3)c2)O[C@](O)(C=O)[C@@H](OCc2ccccc2)C(OCc2ccccc2)[C@H]1OCc1ccccc1. The minimum Gasteiger partial charge on any atom is -0.406 e. The molecule has 1 unspecified atom stereocenters. The molecule has 1 aliphatic heterocycles. The Morgan fingerprint density at radius 1 is 0.722 bits per heavy atom. The molecule has 5 atom stereocenters. The Morgan fingerprint density at radius 2 is 1.24 bits per heavy atom. The molecule has 1 N–H and O–H groups in total. The summed E-state index contributed by atoms with van der Waals surface area (Å²) < 4.78 is 74.5. The van der Waals surface area contributed by atoms with Crippen LogP contribution in [0.1, 0.15) is 33.4 Å². The molecule has 0 spiro atoms. The van der Waals surface area contributed by atoms with Gasteiger partial charge in [0, 0.05) is 17.7 Å². The average Bonchev–Trinajstić information content (AvgIpc) is 3.18. The molecule has 1 fully saturated rings. The van der Waals surface area contributed by atoms with Gasteiger partial charge in [-0.05, 0) is 58.5 Å². The third-order valence-corrected chi connectivity index (χ3v) is 9.36. The van der Waals surface area contributed by atoms with E-state index < -0.39 is 36.2 Å². The van der Waals surface area contributed by atoms with Crippen molar-refractivity contribution in [2.45, 2.75) is 62.5 Å². The first-order valence-electron chi connectivity index (χ1n) is 17.1. The van der Waals surface area contributed by atoms with Gasteiger partial charge >= 0.3 is 6.36 Å². The summed E-state index contributed by atoms with van der Waals surface area (Å²) in [6.07, 6.45) is -8.16. The van der Waals surface area contributed by atoms with Gasteiger partial charge in [-0.1, -0.05) is 121 Å². The van der Waals surface area contributed by atoms with Crippen molar-refractivity contribution in [3.05, 3.63) is 172 Å². The second kappa shape index (κ2) is 17.3. The van der Waals surface area contributed by atoms with Crippen molar-refractivity contribution in [1.29, 1.82) is 0 Å². The summed E-state index contributed by atoms with van der Waals surface area (Å²) >= 11 is 6.69. The minimum atomic E-state index is -4.83. The molecule has 5 aromatic rings. The van der Waals surface area contributed by atoms with Crippen molar-refractivity contribution in [3.63, 3.8) is 0 Å². The van der Waals surface area contributed by atoms with E-state index in [1.165, 1.54) is 31.4 Å². The number of hydrogen-bond donors (Lipinski definition) is 1. The van der Waals surface area contributed by atoms with E-state index in [-0.39, 0.29) is 38.3 Å². The average molecular weight is 763 g/mol. The number of hydrogen-bond acceptors (Lipinski definition) is 8. The van der Waals surface area contributed by atoms with Gasteiger partial charge in [0.05, 0.1) is 19.8 Å². The number of alkyl halides is 3. The lowest BCUT2D eigenvalue weighted by Crippen LogP contribution is -2.71. The molecule has 5 aromatic carbocycles. The normalized spacial score (nSPS) is 22.8. The zero-order valence-corrected chi connectivity index (χ0v) is 29.9. The fraction of sp³-hybridized carbons (Fsp3) is 0.262. The number of carbonyl (C=O) groups excluding carboxylic acids is 1. The Morgan fingerprint density at radius 3 is 1.74 bits per heavy atom. The first-order valence-corrected chi connectivity index (χ1v) is 17.4. The van der Waals surface area contributed by atoms with Crippen molar-refractivity contribution in [2.24, 2.45) is 0 Å². The molecule has 282 valence electrons. The third-order valence-electron chi connectivity index (χ3n) is 9.00. The third kappa shape index (κ3) is 9.37. The van der Waals surface area contributed by atoms with Crippen LogP contribution in [0.15, 0.2) is 133 Å². The number of carbonyl (C=O) groups is 1. The van der Waals surface area contributed by atoms with Crippen LogP contribution in [0.3, 0.4) is 0 Å². The molecule has 0 aliphatic carbocycles. The van der Waals surface area contributed by atoms with E-state index in [1.807, 2.05) is 91.0 Å². The fourth-order valence-electron chi connectivity index (χ4n) is 6.40. The Balaban J connectivity index is 1.42. The van der Waals surface area contributed by atoms with Gasteiger partial charge in [0.15, 0.2) is 6.29 Å². The van der Waals surface area contributed by atoms with E-state index >= 15 is 0 Å². The largest absolute Gasteiger partial charge is 0.573 e. The van der Waals surface area contributed by atoms with Crippen LogP contribution >= 0.6 is 11.6 Å². The highest BCUT2D eigenvalue weighted by molar-refractivity contribution is 6.31. The van der Waals surface area contributed by atoms with Crippen LogP contribution < -0.4 is 4.74 Å². The molecule has 12 heteroatoms. The smallest absolute Gasteiger partial charge is 0.406 e. The van der Waals surface area contributed by atoms with Crippen LogP contribution in [0, 0.1) is 0 Å². The van der Waals surface area contributed by atoms with Crippen LogP contribution in [-0.2, 0) is 60.5 Å². The van der Waals surface area contributed by atoms with E-state index in [9.17, 15) is 23.1 Å². The molecule has 54 heavy (non-hydrogen) atoms. The lowest BCUT2D eigenvalue weighted by molar-refractivity contribution is -0.436. The summed E-state index contributed by atoms with van der Waals surface area (Å²) in [5, 5.41) is 12.5. The molecular formula is C42H38ClF3O8. The maximum absolute atomic E-state index is 13.0. The first-order chi connectivity index (χ1) is 26.0. The molecule has 0 aromatic heterocycles. The topological polar surface area (TPSA) is 92.7 Å². The number of aldehydes is 1. The molecule has 0 amide bonds. The number of halogens is 4. The standard InChI is InChI=1S/C42H38ClF3O8/c1-49-41(34-19-22-36(43)33(24-34)23-29-17-20-35(21-18-29)53-42(44,45)46)39(52-27-32-15-9-4-10-16-32)37(50-25-30-11-5-2-6-12-30)38(40(48,28-47)54-41)51-26-31-13-7-3-8-14-31/h2-22,24,28,37-39,48H,23,25-27H2,1H3/t37?,38-,39+,40+,41-/m0/s1. The van der Waals surface area contributed by atoms with Crippen molar-refractivity contribution in [3.8, 4) is 5.75 Å². The second-order valence-corrected chi connectivity index (χ2v) is 13.1. The highest BCUT2D eigenvalue weighted by Gasteiger charge is 2.64. The molecule has 8 nitrogen and oxygen atoms in total.